The smallest absolute Gasteiger partial charge is 0.341 e. The highest BCUT2D eigenvalue weighted by atomic mass is 35.5. The number of Topliss-reactive ketones (excluding diaryl/α,β-unsaturated/α-hetero) is 1. The maximum absolute atomic E-state index is 13.0. The molecule has 0 radical (unpaired) electrons. The van der Waals surface area contributed by atoms with Gasteiger partial charge in [0.15, 0.2) is 12.4 Å². The van der Waals surface area contributed by atoms with Crippen LogP contribution in [0.25, 0.3) is 0 Å². The van der Waals surface area contributed by atoms with E-state index >= 15 is 0 Å². The van der Waals surface area contributed by atoms with Crippen molar-refractivity contribution in [1.29, 1.82) is 0 Å². The summed E-state index contributed by atoms with van der Waals surface area (Å²) in [5.74, 6) is -7.89. The number of ether oxygens (including phenoxy) is 1. The lowest BCUT2D eigenvalue weighted by molar-refractivity contribution is -0.146. The van der Waals surface area contributed by atoms with Gasteiger partial charge >= 0.3 is 23.9 Å². The standard InChI is InChI=1S/C24H25Cl2N3O12/c1-24(9-15(29-41-24)13(7-19(34)35)27-17(31)5-6-18(32)33)23(39)28-14(8-20(36)37)16(30)10-40-22(38)21-11(25)3-2-4-12(21)26/h2-4,13-14H,5-10H2,1H3,(H,27,31)(H,28,39)(H,32,33)(H,34,35)(H,36,37)/t13?,14-,24?/m0/s1. The van der Waals surface area contributed by atoms with Crippen molar-refractivity contribution >= 4 is 70.4 Å². The van der Waals surface area contributed by atoms with E-state index in [2.05, 4.69) is 15.8 Å². The van der Waals surface area contributed by atoms with Crippen LogP contribution in [0.3, 0.4) is 0 Å². The van der Waals surface area contributed by atoms with Gasteiger partial charge in [-0.3, -0.25) is 28.8 Å². The van der Waals surface area contributed by atoms with Crippen molar-refractivity contribution in [3.8, 4) is 0 Å². The van der Waals surface area contributed by atoms with E-state index in [1.165, 1.54) is 25.1 Å². The summed E-state index contributed by atoms with van der Waals surface area (Å²) in [7, 11) is 0. The Morgan fingerprint density at radius 1 is 0.976 bits per heavy atom. The van der Waals surface area contributed by atoms with Crippen LogP contribution in [-0.2, 0) is 38.3 Å². The number of amides is 2. The normalized spacial score (nSPS) is 17.3. The molecule has 5 N–H and O–H groups in total. The molecule has 0 aromatic heterocycles. The van der Waals surface area contributed by atoms with Crippen molar-refractivity contribution in [2.45, 2.75) is 56.7 Å². The number of carbonyl (C=O) groups is 7. The molecule has 3 atom stereocenters. The molecular formula is C24H25Cl2N3O12. The van der Waals surface area contributed by atoms with Crippen LogP contribution in [0.5, 0.6) is 0 Å². The van der Waals surface area contributed by atoms with Crippen molar-refractivity contribution < 1.29 is 58.5 Å². The molecule has 0 saturated carbocycles. The molecule has 0 spiro atoms. The highest BCUT2D eigenvalue weighted by Crippen LogP contribution is 2.27. The zero-order chi connectivity index (χ0) is 30.9. The molecule has 222 valence electrons. The fraction of sp³-hybridized carbons (Fsp3) is 0.417. The predicted octanol–water partition coefficient (Wildman–Crippen LogP) is 1.04. The van der Waals surface area contributed by atoms with E-state index in [9.17, 15) is 43.8 Å². The van der Waals surface area contributed by atoms with E-state index in [0.717, 1.165) is 0 Å². The molecule has 2 amide bonds. The average Bonchev–Trinajstić information content (AvgIpc) is 3.28. The molecule has 17 heteroatoms. The number of hydrogen-bond donors (Lipinski definition) is 5. The molecule has 2 unspecified atom stereocenters. The van der Waals surface area contributed by atoms with E-state index in [1.54, 1.807) is 0 Å². The second-order valence-corrected chi connectivity index (χ2v) is 9.77. The minimum atomic E-state index is -1.85. The number of ketones is 1. The Hall–Kier alpha value is -4.24. The zero-order valence-electron chi connectivity index (χ0n) is 21.3. The summed E-state index contributed by atoms with van der Waals surface area (Å²) in [6.45, 7) is 0.283. The monoisotopic (exact) mass is 617 g/mol. The molecule has 41 heavy (non-hydrogen) atoms. The lowest BCUT2D eigenvalue weighted by Crippen LogP contribution is -2.53. The molecule has 0 aliphatic carbocycles. The molecule has 1 aromatic carbocycles. The highest BCUT2D eigenvalue weighted by molar-refractivity contribution is 6.39. The molecule has 0 saturated heterocycles. The topological polar surface area (TPSA) is 235 Å². The summed E-state index contributed by atoms with van der Waals surface area (Å²) >= 11 is 11.9. The third-order valence-electron chi connectivity index (χ3n) is 5.63. The van der Waals surface area contributed by atoms with Gasteiger partial charge in [-0.15, -0.1) is 0 Å². The molecule has 1 aliphatic heterocycles. The molecule has 2 rings (SSSR count). The van der Waals surface area contributed by atoms with Gasteiger partial charge in [0.25, 0.3) is 5.91 Å². The van der Waals surface area contributed by atoms with Crippen LogP contribution in [0.15, 0.2) is 23.4 Å². The van der Waals surface area contributed by atoms with E-state index in [1.807, 2.05) is 0 Å². The van der Waals surface area contributed by atoms with Crippen LogP contribution in [0, 0.1) is 0 Å². The van der Waals surface area contributed by atoms with Crippen molar-refractivity contribution in [3.05, 3.63) is 33.8 Å². The predicted molar refractivity (Wildman–Crippen MR) is 139 cm³/mol. The Balaban J connectivity index is 2.09. The van der Waals surface area contributed by atoms with Gasteiger partial charge < -0.3 is 35.5 Å². The first-order valence-electron chi connectivity index (χ1n) is 11.8. The number of nitrogens with zero attached hydrogens (tertiary/aromatic N) is 1. The number of hydrogen-bond acceptors (Lipinski definition) is 10. The molecule has 0 bridgehead atoms. The van der Waals surface area contributed by atoms with Crippen molar-refractivity contribution in [2.24, 2.45) is 5.16 Å². The van der Waals surface area contributed by atoms with E-state index in [4.69, 9.17) is 37.9 Å². The van der Waals surface area contributed by atoms with Gasteiger partial charge in [0.1, 0.15) is 6.04 Å². The van der Waals surface area contributed by atoms with E-state index < -0.39 is 91.4 Å². The maximum Gasteiger partial charge on any atom is 0.341 e. The van der Waals surface area contributed by atoms with Crippen LogP contribution >= 0.6 is 23.2 Å². The highest BCUT2D eigenvalue weighted by Gasteiger charge is 2.45. The number of nitrogens with one attached hydrogen (secondary N) is 2. The lowest BCUT2D eigenvalue weighted by atomic mass is 9.93. The van der Waals surface area contributed by atoms with Crippen molar-refractivity contribution in [3.63, 3.8) is 0 Å². The third kappa shape index (κ3) is 9.72. The molecule has 0 fully saturated rings. The molecule has 15 nitrogen and oxygen atoms in total. The van der Waals surface area contributed by atoms with Crippen LogP contribution in [0.1, 0.15) is 49.4 Å². The van der Waals surface area contributed by atoms with E-state index in [0.29, 0.717) is 0 Å². The van der Waals surface area contributed by atoms with Gasteiger partial charge in [0.2, 0.25) is 11.5 Å². The SMILES string of the molecule is CC1(C(=O)N[C@@H](CC(=O)O)C(=O)COC(=O)c2c(Cl)cccc2Cl)CC(C(CC(=O)O)NC(=O)CCC(=O)O)=NO1. The number of carboxylic acid groups (broad SMARTS) is 3. The number of esters is 1. The van der Waals surface area contributed by atoms with Crippen LogP contribution in [-0.4, -0.2) is 86.8 Å². The first-order valence-corrected chi connectivity index (χ1v) is 12.5. The largest absolute Gasteiger partial charge is 0.481 e. The minimum absolute atomic E-state index is 0.0493. The number of carboxylic acids is 3. The van der Waals surface area contributed by atoms with Crippen LogP contribution < -0.4 is 10.6 Å². The lowest BCUT2D eigenvalue weighted by Gasteiger charge is -2.24. The Morgan fingerprint density at radius 3 is 2.15 bits per heavy atom. The zero-order valence-corrected chi connectivity index (χ0v) is 22.9. The third-order valence-corrected chi connectivity index (χ3v) is 6.26. The van der Waals surface area contributed by atoms with Gasteiger partial charge in [0.05, 0.1) is 46.6 Å². The Bertz CT molecular complexity index is 1260. The number of halogens is 2. The summed E-state index contributed by atoms with van der Waals surface area (Å²) in [6.07, 6.45) is -2.87. The summed E-state index contributed by atoms with van der Waals surface area (Å²) in [5.41, 5.74) is -2.14. The van der Waals surface area contributed by atoms with Crippen LogP contribution in [0.4, 0.5) is 0 Å². The molecule has 1 aliphatic rings. The average molecular weight is 618 g/mol. The maximum atomic E-state index is 13.0. The second-order valence-electron chi connectivity index (χ2n) is 8.96. The number of aliphatic carboxylic acids is 3. The van der Waals surface area contributed by atoms with E-state index in [-0.39, 0.29) is 27.7 Å². The van der Waals surface area contributed by atoms with Gasteiger partial charge in [-0.25, -0.2) is 4.79 Å². The van der Waals surface area contributed by atoms with Gasteiger partial charge in [-0.2, -0.15) is 0 Å². The summed E-state index contributed by atoms with van der Waals surface area (Å²) in [5, 5.41) is 35.3. The summed E-state index contributed by atoms with van der Waals surface area (Å²) in [6, 6.07) is 1.27. The molecule has 1 heterocycles. The second kappa shape index (κ2) is 14.4. The van der Waals surface area contributed by atoms with Gasteiger partial charge in [-0.1, -0.05) is 34.4 Å². The first kappa shape index (κ1) is 33.0. The minimum Gasteiger partial charge on any atom is -0.481 e. The van der Waals surface area contributed by atoms with Gasteiger partial charge in [0, 0.05) is 12.8 Å². The van der Waals surface area contributed by atoms with Gasteiger partial charge in [-0.05, 0) is 19.1 Å². The fourth-order valence-corrected chi connectivity index (χ4v) is 4.08. The number of benzene rings is 1. The molecular weight excluding hydrogens is 593 g/mol. The number of carbonyl (C=O) groups excluding carboxylic acids is 4. The molecule has 1 aromatic rings. The number of rotatable bonds is 15. The van der Waals surface area contributed by atoms with Crippen LogP contribution in [0.2, 0.25) is 10.0 Å². The first-order chi connectivity index (χ1) is 19.1. The fourth-order valence-electron chi connectivity index (χ4n) is 3.52. The Morgan fingerprint density at radius 2 is 1.59 bits per heavy atom. The summed E-state index contributed by atoms with van der Waals surface area (Å²) in [4.78, 5) is 88.7. The quantitative estimate of drug-likeness (QED) is 0.173. The Kier molecular flexibility index (Phi) is 11.6. The summed E-state index contributed by atoms with van der Waals surface area (Å²) < 4.78 is 4.92. The number of oxime groups is 1. The Labute approximate surface area is 241 Å². The van der Waals surface area contributed by atoms with Crippen molar-refractivity contribution in [1.82, 2.24) is 10.6 Å². The van der Waals surface area contributed by atoms with Crippen molar-refractivity contribution in [2.75, 3.05) is 6.61 Å².